The summed E-state index contributed by atoms with van der Waals surface area (Å²) in [5, 5.41) is 0.671. The summed E-state index contributed by atoms with van der Waals surface area (Å²) in [6.45, 7) is 5.14. The molecule has 0 unspecified atom stereocenters. The van der Waals surface area contributed by atoms with E-state index < -0.39 is 0 Å². The molecule has 1 aliphatic heterocycles. The monoisotopic (exact) mass is 375 g/mol. The molecule has 1 aromatic heterocycles. The molecular weight excluding hydrogens is 350 g/mol. The molecule has 2 heterocycles. The molecular formula is C23H25N3O2. The summed E-state index contributed by atoms with van der Waals surface area (Å²) in [7, 11) is 1.81. The molecule has 144 valence electrons. The van der Waals surface area contributed by atoms with Crippen molar-refractivity contribution >= 4 is 16.5 Å². The number of aromatic nitrogens is 2. The van der Waals surface area contributed by atoms with Crippen LogP contribution in [0.4, 0.5) is 0 Å². The Morgan fingerprint density at radius 3 is 2.61 bits per heavy atom. The van der Waals surface area contributed by atoms with E-state index in [9.17, 15) is 4.79 Å². The highest BCUT2D eigenvalue weighted by Gasteiger charge is 2.16. The molecule has 0 aliphatic carbocycles. The zero-order chi connectivity index (χ0) is 19.5. The standard InChI is InChI=1S/C23H25N3O2/c1-3-28-19-10-8-17(9-11-19)18-12-14-26(15-13-18)16-22-24-21-7-5-4-6-20(21)23(27)25(22)2/h4-12H,3,13-16H2,1-2H3. The quantitative estimate of drug-likeness (QED) is 0.683. The van der Waals surface area contributed by atoms with Crippen molar-refractivity contribution in [2.24, 2.45) is 7.05 Å². The normalized spacial score (nSPS) is 14.9. The van der Waals surface area contributed by atoms with E-state index >= 15 is 0 Å². The SMILES string of the molecule is CCOc1ccc(C2=CCN(Cc3nc4ccccc4c(=O)n3C)CC2)cc1. The summed E-state index contributed by atoms with van der Waals surface area (Å²) >= 11 is 0. The molecule has 0 saturated carbocycles. The van der Waals surface area contributed by atoms with Gasteiger partial charge in [0.25, 0.3) is 5.56 Å². The molecule has 1 aliphatic rings. The summed E-state index contributed by atoms with van der Waals surface area (Å²) < 4.78 is 7.20. The first-order valence-electron chi connectivity index (χ1n) is 9.75. The predicted molar refractivity (Wildman–Crippen MR) is 112 cm³/mol. The summed E-state index contributed by atoms with van der Waals surface area (Å²) in [5.41, 5.74) is 3.39. The number of hydrogen-bond acceptors (Lipinski definition) is 4. The molecule has 0 N–H and O–H groups in total. The number of hydrogen-bond donors (Lipinski definition) is 0. The van der Waals surface area contributed by atoms with Gasteiger partial charge in [0.1, 0.15) is 11.6 Å². The molecule has 28 heavy (non-hydrogen) atoms. The van der Waals surface area contributed by atoms with Crippen LogP contribution >= 0.6 is 0 Å². The summed E-state index contributed by atoms with van der Waals surface area (Å²) in [5.74, 6) is 1.72. The van der Waals surface area contributed by atoms with Crippen LogP contribution in [-0.2, 0) is 13.6 Å². The van der Waals surface area contributed by atoms with Crippen molar-refractivity contribution < 1.29 is 4.74 Å². The Morgan fingerprint density at radius 2 is 1.89 bits per heavy atom. The zero-order valence-electron chi connectivity index (χ0n) is 16.4. The minimum atomic E-state index is 0.0169. The molecule has 0 saturated heterocycles. The topological polar surface area (TPSA) is 47.4 Å². The largest absolute Gasteiger partial charge is 0.494 e. The fourth-order valence-corrected chi connectivity index (χ4v) is 3.65. The van der Waals surface area contributed by atoms with Crippen molar-refractivity contribution in [3.63, 3.8) is 0 Å². The molecule has 5 nitrogen and oxygen atoms in total. The lowest BCUT2D eigenvalue weighted by Crippen LogP contribution is -2.32. The second-order valence-electron chi connectivity index (χ2n) is 7.08. The highest BCUT2D eigenvalue weighted by Crippen LogP contribution is 2.25. The number of rotatable bonds is 5. The third kappa shape index (κ3) is 3.71. The number of fused-ring (bicyclic) bond motifs is 1. The smallest absolute Gasteiger partial charge is 0.261 e. The average Bonchev–Trinajstić information content (AvgIpc) is 2.73. The molecule has 0 atom stereocenters. The number of benzene rings is 2. The van der Waals surface area contributed by atoms with Crippen molar-refractivity contribution in [3.8, 4) is 5.75 Å². The van der Waals surface area contributed by atoms with Gasteiger partial charge in [-0.25, -0.2) is 4.98 Å². The molecule has 0 bridgehead atoms. The van der Waals surface area contributed by atoms with Crippen LogP contribution in [0.15, 0.2) is 59.4 Å². The highest BCUT2D eigenvalue weighted by atomic mass is 16.5. The number of ether oxygens (including phenoxy) is 1. The first kappa shape index (κ1) is 18.4. The van der Waals surface area contributed by atoms with E-state index in [1.807, 2.05) is 50.4 Å². The van der Waals surface area contributed by atoms with E-state index in [1.165, 1.54) is 11.1 Å². The summed E-state index contributed by atoms with van der Waals surface area (Å²) in [6, 6.07) is 15.8. The predicted octanol–water partition coefficient (Wildman–Crippen LogP) is 3.62. The van der Waals surface area contributed by atoms with E-state index in [-0.39, 0.29) is 5.56 Å². The van der Waals surface area contributed by atoms with E-state index in [0.717, 1.165) is 36.6 Å². The van der Waals surface area contributed by atoms with Crippen LogP contribution in [0.3, 0.4) is 0 Å². The minimum absolute atomic E-state index is 0.0169. The average molecular weight is 375 g/mol. The third-order valence-electron chi connectivity index (χ3n) is 5.27. The van der Waals surface area contributed by atoms with Gasteiger partial charge < -0.3 is 4.74 Å². The molecule has 3 aromatic rings. The fraction of sp³-hybridized carbons (Fsp3) is 0.304. The van der Waals surface area contributed by atoms with E-state index in [4.69, 9.17) is 9.72 Å². The second-order valence-corrected chi connectivity index (χ2v) is 7.08. The van der Waals surface area contributed by atoms with Crippen molar-refractivity contribution in [1.82, 2.24) is 14.5 Å². The van der Waals surface area contributed by atoms with Crippen molar-refractivity contribution in [2.75, 3.05) is 19.7 Å². The van der Waals surface area contributed by atoms with Gasteiger partial charge in [0.2, 0.25) is 0 Å². The number of para-hydroxylation sites is 1. The van der Waals surface area contributed by atoms with Crippen molar-refractivity contribution in [3.05, 3.63) is 76.3 Å². The van der Waals surface area contributed by atoms with Gasteiger partial charge >= 0.3 is 0 Å². The lowest BCUT2D eigenvalue weighted by atomic mass is 9.99. The van der Waals surface area contributed by atoms with Gasteiger partial charge in [0.05, 0.1) is 24.1 Å². The zero-order valence-corrected chi connectivity index (χ0v) is 16.4. The Balaban J connectivity index is 1.49. The maximum Gasteiger partial charge on any atom is 0.261 e. The van der Waals surface area contributed by atoms with Gasteiger partial charge in [-0.1, -0.05) is 30.3 Å². The first-order chi connectivity index (χ1) is 13.7. The van der Waals surface area contributed by atoms with Crippen LogP contribution in [0.25, 0.3) is 16.5 Å². The van der Waals surface area contributed by atoms with Gasteiger partial charge in [-0.15, -0.1) is 0 Å². The molecule has 0 amide bonds. The van der Waals surface area contributed by atoms with E-state index in [1.54, 1.807) is 4.57 Å². The minimum Gasteiger partial charge on any atom is -0.494 e. The molecule has 0 spiro atoms. The number of nitrogens with zero attached hydrogens (tertiary/aromatic N) is 3. The van der Waals surface area contributed by atoms with Crippen LogP contribution < -0.4 is 10.3 Å². The van der Waals surface area contributed by atoms with Gasteiger partial charge in [-0.3, -0.25) is 14.3 Å². The van der Waals surface area contributed by atoms with Crippen LogP contribution in [0.5, 0.6) is 5.75 Å². The van der Waals surface area contributed by atoms with E-state index in [2.05, 4.69) is 23.1 Å². The molecule has 0 fully saturated rings. The Hall–Kier alpha value is -2.92. The maximum absolute atomic E-state index is 12.6. The fourth-order valence-electron chi connectivity index (χ4n) is 3.65. The highest BCUT2D eigenvalue weighted by molar-refractivity contribution is 5.77. The van der Waals surface area contributed by atoms with Crippen molar-refractivity contribution in [1.29, 1.82) is 0 Å². The Kier molecular flexibility index (Phi) is 5.26. The van der Waals surface area contributed by atoms with E-state index in [0.29, 0.717) is 18.5 Å². The van der Waals surface area contributed by atoms with Gasteiger partial charge in [0, 0.05) is 20.1 Å². The van der Waals surface area contributed by atoms with Crippen LogP contribution in [0.2, 0.25) is 0 Å². The second kappa shape index (κ2) is 7.98. The maximum atomic E-state index is 12.6. The molecule has 5 heteroatoms. The lowest BCUT2D eigenvalue weighted by Gasteiger charge is -2.26. The molecule has 4 rings (SSSR count). The Morgan fingerprint density at radius 1 is 1.11 bits per heavy atom. The Labute approximate surface area is 164 Å². The van der Waals surface area contributed by atoms with Crippen LogP contribution in [0.1, 0.15) is 24.7 Å². The summed E-state index contributed by atoms with van der Waals surface area (Å²) in [4.78, 5) is 19.6. The molecule has 2 aromatic carbocycles. The van der Waals surface area contributed by atoms with Crippen molar-refractivity contribution in [2.45, 2.75) is 19.9 Å². The summed E-state index contributed by atoms with van der Waals surface area (Å²) in [6.07, 6.45) is 3.26. The van der Waals surface area contributed by atoms with Gasteiger partial charge in [-0.05, 0) is 48.7 Å². The van der Waals surface area contributed by atoms with Crippen LogP contribution in [-0.4, -0.2) is 34.1 Å². The lowest BCUT2D eigenvalue weighted by molar-refractivity contribution is 0.282. The molecule has 0 radical (unpaired) electrons. The Bertz CT molecular complexity index is 1070. The van der Waals surface area contributed by atoms with Gasteiger partial charge in [0.15, 0.2) is 0 Å². The third-order valence-corrected chi connectivity index (χ3v) is 5.27. The van der Waals surface area contributed by atoms with Gasteiger partial charge in [-0.2, -0.15) is 0 Å². The first-order valence-corrected chi connectivity index (χ1v) is 9.75. The van der Waals surface area contributed by atoms with Crippen LogP contribution in [0, 0.1) is 0 Å².